The summed E-state index contributed by atoms with van der Waals surface area (Å²) in [4.78, 5) is 13.5. The van der Waals surface area contributed by atoms with E-state index in [2.05, 4.69) is 10.6 Å². The van der Waals surface area contributed by atoms with Gasteiger partial charge in [0, 0.05) is 32.7 Å². The van der Waals surface area contributed by atoms with Crippen LogP contribution in [0.2, 0.25) is 0 Å². The summed E-state index contributed by atoms with van der Waals surface area (Å²) in [5, 5.41) is 5.47. The smallest absolute Gasteiger partial charge is 0.405 e. The lowest BCUT2D eigenvalue weighted by Gasteiger charge is -2.35. The van der Waals surface area contributed by atoms with E-state index in [1.807, 2.05) is 13.8 Å². The number of benzene rings is 1. The Hall–Kier alpha value is -1.51. The van der Waals surface area contributed by atoms with Gasteiger partial charge in [-0.2, -0.15) is 13.2 Å². The van der Waals surface area contributed by atoms with Crippen LogP contribution in [0.3, 0.4) is 0 Å². The lowest BCUT2D eigenvalue weighted by Crippen LogP contribution is -2.57. The van der Waals surface area contributed by atoms with Crippen molar-refractivity contribution < 1.29 is 22.7 Å². The van der Waals surface area contributed by atoms with Crippen molar-refractivity contribution in [2.75, 3.05) is 39.3 Å². The van der Waals surface area contributed by atoms with Crippen LogP contribution in [0.1, 0.15) is 19.4 Å². The van der Waals surface area contributed by atoms with Crippen LogP contribution in [0, 0.1) is 5.92 Å². The van der Waals surface area contributed by atoms with E-state index in [1.54, 1.807) is 24.3 Å². The highest BCUT2D eigenvalue weighted by Gasteiger charge is 2.43. The van der Waals surface area contributed by atoms with Crippen molar-refractivity contribution in [3.8, 4) is 5.75 Å². The Bertz CT molecular complexity index is 591. The minimum Gasteiger partial charge on any atom is -0.493 e. The van der Waals surface area contributed by atoms with Crippen molar-refractivity contribution in [1.29, 1.82) is 0 Å². The highest BCUT2D eigenvalue weighted by molar-refractivity contribution is 5.85. The summed E-state index contributed by atoms with van der Waals surface area (Å²) in [5.41, 5.74) is 0.732. The van der Waals surface area contributed by atoms with Gasteiger partial charge in [0.25, 0.3) is 0 Å². The molecule has 1 heterocycles. The second kappa shape index (κ2) is 11.5. The Kier molecular flexibility index (Phi) is 10.1. The molecule has 0 aliphatic carbocycles. The number of carbonyl (C=O) groups is 1. The lowest BCUT2D eigenvalue weighted by atomic mass is 10.1. The molecule has 1 unspecified atom stereocenters. The zero-order valence-corrected chi connectivity index (χ0v) is 17.0. The minimum atomic E-state index is -4.37. The molecule has 1 fully saturated rings. The van der Waals surface area contributed by atoms with Crippen molar-refractivity contribution in [3.63, 3.8) is 0 Å². The van der Waals surface area contributed by atoms with Gasteiger partial charge in [0.1, 0.15) is 11.8 Å². The molecule has 0 saturated carbocycles. The topological polar surface area (TPSA) is 53.6 Å². The first kappa shape index (κ1) is 24.5. The van der Waals surface area contributed by atoms with Crippen LogP contribution >= 0.6 is 12.4 Å². The normalized spacial score (nSPS) is 16.4. The first-order chi connectivity index (χ1) is 12.8. The summed E-state index contributed by atoms with van der Waals surface area (Å²) in [6, 6.07) is 5.39. The summed E-state index contributed by atoms with van der Waals surface area (Å²) in [7, 11) is 0. The Balaban J connectivity index is 0.00000392. The van der Waals surface area contributed by atoms with Crippen LogP contribution in [-0.4, -0.2) is 62.4 Å². The van der Waals surface area contributed by atoms with Crippen LogP contribution < -0.4 is 15.4 Å². The van der Waals surface area contributed by atoms with Crippen molar-refractivity contribution in [1.82, 2.24) is 15.5 Å². The lowest BCUT2D eigenvalue weighted by molar-refractivity contribution is -0.184. The number of nitrogens with one attached hydrogen (secondary N) is 2. The third-order valence-corrected chi connectivity index (χ3v) is 4.33. The maximum atomic E-state index is 13.3. The molecule has 1 aliphatic heterocycles. The van der Waals surface area contributed by atoms with Crippen LogP contribution in [0.4, 0.5) is 13.2 Å². The third kappa shape index (κ3) is 8.24. The Morgan fingerprint density at radius 3 is 2.36 bits per heavy atom. The van der Waals surface area contributed by atoms with Gasteiger partial charge < -0.3 is 15.4 Å². The fourth-order valence-electron chi connectivity index (χ4n) is 2.87. The number of rotatable bonds is 8. The van der Waals surface area contributed by atoms with E-state index >= 15 is 0 Å². The zero-order valence-electron chi connectivity index (χ0n) is 16.2. The number of carbonyl (C=O) groups excluding carboxylic acids is 1. The maximum absolute atomic E-state index is 13.3. The molecule has 0 aromatic heterocycles. The third-order valence-electron chi connectivity index (χ3n) is 4.33. The van der Waals surface area contributed by atoms with Gasteiger partial charge in [0.05, 0.1) is 13.0 Å². The average Bonchev–Trinajstić information content (AvgIpc) is 2.61. The predicted octanol–water partition coefficient (Wildman–Crippen LogP) is 2.64. The first-order valence-electron chi connectivity index (χ1n) is 9.25. The summed E-state index contributed by atoms with van der Waals surface area (Å²) < 4.78 is 45.6. The highest BCUT2D eigenvalue weighted by Crippen LogP contribution is 2.24. The highest BCUT2D eigenvalue weighted by atomic mass is 35.5. The average molecular weight is 424 g/mol. The predicted molar refractivity (Wildman–Crippen MR) is 105 cm³/mol. The number of hydrogen-bond donors (Lipinski definition) is 2. The number of alkyl halides is 3. The zero-order chi connectivity index (χ0) is 19.9. The van der Waals surface area contributed by atoms with Crippen molar-refractivity contribution in [2.45, 2.75) is 32.5 Å². The molecular weight excluding hydrogens is 395 g/mol. The van der Waals surface area contributed by atoms with E-state index in [0.717, 1.165) is 5.56 Å². The standard InChI is InChI=1S/C19H28F3N3O2.ClH/c1-14(2)13-27-16-5-3-15(4-6-16)11-18(26)24-12-17(19(20,21)22)25-9-7-23-8-10-25;/h3-6,14,17,23H,7-13H2,1-2H3,(H,24,26);1H. The van der Waals surface area contributed by atoms with Gasteiger partial charge in [-0.25, -0.2) is 0 Å². The van der Waals surface area contributed by atoms with Gasteiger partial charge in [-0.3, -0.25) is 9.69 Å². The summed E-state index contributed by atoms with van der Waals surface area (Å²) >= 11 is 0. The van der Waals surface area contributed by atoms with Crippen LogP contribution in [0.15, 0.2) is 24.3 Å². The molecule has 1 saturated heterocycles. The molecule has 1 aliphatic rings. The van der Waals surface area contributed by atoms with E-state index in [4.69, 9.17) is 4.74 Å². The molecule has 1 amide bonds. The molecule has 0 bridgehead atoms. The largest absolute Gasteiger partial charge is 0.493 e. The van der Waals surface area contributed by atoms with Gasteiger partial charge in [-0.15, -0.1) is 12.4 Å². The molecule has 160 valence electrons. The molecule has 2 rings (SSSR count). The number of nitrogens with zero attached hydrogens (tertiary/aromatic N) is 1. The molecule has 5 nitrogen and oxygen atoms in total. The number of ether oxygens (including phenoxy) is 1. The summed E-state index contributed by atoms with van der Waals surface area (Å²) in [6.07, 6.45) is -4.34. The van der Waals surface area contributed by atoms with Crippen LogP contribution in [0.25, 0.3) is 0 Å². The van der Waals surface area contributed by atoms with E-state index in [0.29, 0.717) is 44.5 Å². The molecule has 9 heteroatoms. The van der Waals surface area contributed by atoms with Gasteiger partial charge in [0.2, 0.25) is 5.91 Å². The molecule has 1 aromatic rings. The quantitative estimate of drug-likeness (QED) is 0.675. The van der Waals surface area contributed by atoms with Gasteiger partial charge in [0.15, 0.2) is 0 Å². The number of amides is 1. The number of halogens is 4. The van der Waals surface area contributed by atoms with Crippen LogP contribution in [-0.2, 0) is 11.2 Å². The van der Waals surface area contributed by atoms with Gasteiger partial charge >= 0.3 is 6.18 Å². The van der Waals surface area contributed by atoms with Crippen molar-refractivity contribution >= 4 is 18.3 Å². The van der Waals surface area contributed by atoms with Crippen molar-refractivity contribution in [2.24, 2.45) is 5.92 Å². The SMILES string of the molecule is CC(C)COc1ccc(CC(=O)NCC(N2CCNCC2)C(F)(F)F)cc1.Cl. The maximum Gasteiger partial charge on any atom is 0.405 e. The second-order valence-corrected chi connectivity index (χ2v) is 7.17. The van der Waals surface area contributed by atoms with E-state index in [9.17, 15) is 18.0 Å². The first-order valence-corrected chi connectivity index (χ1v) is 9.25. The van der Waals surface area contributed by atoms with Crippen molar-refractivity contribution in [3.05, 3.63) is 29.8 Å². The summed E-state index contributed by atoms with van der Waals surface area (Å²) in [5.74, 6) is 0.701. The fourth-order valence-corrected chi connectivity index (χ4v) is 2.87. The number of piperazine rings is 1. The molecule has 0 spiro atoms. The van der Waals surface area contributed by atoms with E-state index < -0.39 is 24.7 Å². The molecule has 1 atom stereocenters. The van der Waals surface area contributed by atoms with E-state index in [-0.39, 0.29) is 18.8 Å². The Morgan fingerprint density at radius 2 is 1.82 bits per heavy atom. The van der Waals surface area contributed by atoms with Gasteiger partial charge in [-0.1, -0.05) is 26.0 Å². The summed E-state index contributed by atoms with van der Waals surface area (Å²) in [6.45, 7) is 5.94. The molecular formula is C19H29ClF3N3O2. The van der Waals surface area contributed by atoms with Gasteiger partial charge in [-0.05, 0) is 23.6 Å². The molecule has 0 radical (unpaired) electrons. The van der Waals surface area contributed by atoms with Crippen LogP contribution in [0.5, 0.6) is 5.75 Å². The molecule has 2 N–H and O–H groups in total. The minimum absolute atomic E-state index is 0. The number of hydrogen-bond acceptors (Lipinski definition) is 4. The molecule has 28 heavy (non-hydrogen) atoms. The molecule has 1 aromatic carbocycles. The Labute approximate surface area is 170 Å². The fraction of sp³-hybridized carbons (Fsp3) is 0.632. The second-order valence-electron chi connectivity index (χ2n) is 7.17. The van der Waals surface area contributed by atoms with E-state index in [1.165, 1.54) is 4.90 Å². The monoisotopic (exact) mass is 423 g/mol. The Morgan fingerprint density at radius 1 is 1.21 bits per heavy atom.